The van der Waals surface area contributed by atoms with Crippen LogP contribution in [0.15, 0.2) is 27.3 Å². The van der Waals surface area contributed by atoms with E-state index in [9.17, 15) is 0 Å². The average molecular weight is 200 g/mol. The third-order valence-corrected chi connectivity index (χ3v) is 1.93. The number of allylic oxidation sites excluding steroid dienone is 3. The molecule has 0 amide bonds. The normalized spacial score (nSPS) is 17.8. The molecule has 2 heteroatoms. The van der Waals surface area contributed by atoms with Gasteiger partial charge in [0.1, 0.15) is 0 Å². The first-order valence-corrected chi connectivity index (χ1v) is 4.19. The number of nitrogens with zero attached hydrogens (tertiary/aromatic N) is 1. The molecule has 0 radical (unpaired) electrons. The first kappa shape index (κ1) is 7.73. The Morgan fingerprint density at radius 2 is 2.50 bits per heavy atom. The van der Waals surface area contributed by atoms with Gasteiger partial charge in [-0.1, -0.05) is 22.9 Å². The fourth-order valence-corrected chi connectivity index (χ4v) is 1.22. The number of hydrogen-bond donors (Lipinski definition) is 0. The van der Waals surface area contributed by atoms with Crippen LogP contribution in [-0.2, 0) is 0 Å². The molecule has 1 heterocycles. The minimum Gasteiger partial charge on any atom is -0.268 e. The number of rotatable bonds is 1. The lowest BCUT2D eigenvalue weighted by Gasteiger charge is -1.92. The van der Waals surface area contributed by atoms with E-state index in [1.165, 1.54) is 10.1 Å². The van der Waals surface area contributed by atoms with E-state index in [1.54, 1.807) is 0 Å². The molecule has 1 nitrogen and oxygen atoms in total. The van der Waals surface area contributed by atoms with E-state index in [2.05, 4.69) is 33.9 Å². The van der Waals surface area contributed by atoms with Gasteiger partial charge in [-0.15, -0.1) is 0 Å². The molecule has 0 aromatic carbocycles. The van der Waals surface area contributed by atoms with E-state index in [0.29, 0.717) is 0 Å². The summed E-state index contributed by atoms with van der Waals surface area (Å²) in [5, 5.41) is 0. The molecule has 0 atom stereocenters. The summed E-state index contributed by atoms with van der Waals surface area (Å²) in [6.45, 7) is 2.13. The first-order valence-electron chi connectivity index (χ1n) is 3.39. The molecule has 0 N–H and O–H groups in total. The zero-order valence-corrected chi connectivity index (χ0v) is 7.56. The van der Waals surface area contributed by atoms with Crippen molar-refractivity contribution >= 4 is 22.1 Å². The van der Waals surface area contributed by atoms with Crippen molar-refractivity contribution in [1.82, 2.24) is 0 Å². The van der Waals surface area contributed by atoms with Crippen LogP contribution in [0.3, 0.4) is 0 Å². The minimum atomic E-state index is 0.917. The second kappa shape index (κ2) is 3.71. The SMILES string of the molecule is CCC1=CN=CCC(Br)=C1. The number of aliphatic imine (C=N–C) groups is 1. The van der Waals surface area contributed by atoms with Crippen LogP contribution < -0.4 is 0 Å². The predicted molar refractivity (Wildman–Crippen MR) is 48.5 cm³/mol. The summed E-state index contributed by atoms with van der Waals surface area (Å²) in [7, 11) is 0. The predicted octanol–water partition coefficient (Wildman–Crippen LogP) is 3.03. The lowest BCUT2D eigenvalue weighted by molar-refractivity contribution is 1.14. The molecule has 54 valence electrons. The molecule has 10 heavy (non-hydrogen) atoms. The van der Waals surface area contributed by atoms with Crippen LogP contribution >= 0.6 is 15.9 Å². The highest BCUT2D eigenvalue weighted by Crippen LogP contribution is 2.16. The zero-order chi connectivity index (χ0) is 7.40. The summed E-state index contributed by atoms with van der Waals surface area (Å²) in [5.41, 5.74) is 1.28. The lowest BCUT2D eigenvalue weighted by Crippen LogP contribution is -1.73. The molecular weight excluding hydrogens is 190 g/mol. The standard InChI is InChI=1S/C8H10BrN/c1-2-7-5-8(9)3-4-10-6-7/h4-6H,2-3H2,1H3. The van der Waals surface area contributed by atoms with Crippen molar-refractivity contribution in [1.29, 1.82) is 0 Å². The van der Waals surface area contributed by atoms with E-state index in [0.717, 1.165) is 12.8 Å². The van der Waals surface area contributed by atoms with Crippen LogP contribution in [0.5, 0.6) is 0 Å². The fraction of sp³-hybridized carbons (Fsp3) is 0.375. The van der Waals surface area contributed by atoms with E-state index < -0.39 is 0 Å². The van der Waals surface area contributed by atoms with Crippen molar-refractivity contribution in [3.05, 3.63) is 22.3 Å². The Hall–Kier alpha value is -0.370. The highest BCUT2D eigenvalue weighted by atomic mass is 79.9. The molecule has 0 spiro atoms. The highest BCUT2D eigenvalue weighted by molar-refractivity contribution is 9.11. The third kappa shape index (κ3) is 2.10. The quantitative estimate of drug-likeness (QED) is 0.616. The number of hydrogen-bond acceptors (Lipinski definition) is 1. The van der Waals surface area contributed by atoms with Gasteiger partial charge in [0, 0.05) is 23.3 Å². The topological polar surface area (TPSA) is 12.4 Å². The number of halogens is 1. The molecule has 1 aliphatic rings. The van der Waals surface area contributed by atoms with E-state index in [-0.39, 0.29) is 0 Å². The van der Waals surface area contributed by atoms with Crippen molar-refractivity contribution in [3.8, 4) is 0 Å². The molecule has 0 fully saturated rings. The molecule has 1 rings (SSSR count). The summed E-state index contributed by atoms with van der Waals surface area (Å²) < 4.78 is 1.21. The molecule has 0 aliphatic carbocycles. The molecular formula is C8H10BrN. The first-order chi connectivity index (χ1) is 4.83. The van der Waals surface area contributed by atoms with Crippen LogP contribution in [0.4, 0.5) is 0 Å². The second-order valence-electron chi connectivity index (χ2n) is 2.18. The van der Waals surface area contributed by atoms with Crippen LogP contribution in [0.1, 0.15) is 19.8 Å². The van der Waals surface area contributed by atoms with Gasteiger partial charge in [0.15, 0.2) is 0 Å². The second-order valence-corrected chi connectivity index (χ2v) is 3.20. The van der Waals surface area contributed by atoms with Crippen molar-refractivity contribution in [2.24, 2.45) is 4.99 Å². The highest BCUT2D eigenvalue weighted by Gasteiger charge is 1.95. The van der Waals surface area contributed by atoms with Gasteiger partial charge in [-0.2, -0.15) is 0 Å². The molecule has 0 bridgehead atoms. The van der Waals surface area contributed by atoms with Gasteiger partial charge in [-0.25, -0.2) is 0 Å². The van der Waals surface area contributed by atoms with Crippen molar-refractivity contribution in [3.63, 3.8) is 0 Å². The van der Waals surface area contributed by atoms with E-state index in [4.69, 9.17) is 0 Å². The average Bonchev–Trinajstić information content (AvgIpc) is 2.13. The fourth-order valence-electron chi connectivity index (χ4n) is 0.779. The van der Waals surface area contributed by atoms with Gasteiger partial charge in [-0.3, -0.25) is 4.99 Å². The molecule has 0 aromatic heterocycles. The Labute approximate surface area is 69.7 Å². The van der Waals surface area contributed by atoms with Gasteiger partial charge >= 0.3 is 0 Å². The smallest absolute Gasteiger partial charge is 0.0296 e. The van der Waals surface area contributed by atoms with Gasteiger partial charge in [0.05, 0.1) is 0 Å². The molecule has 0 saturated carbocycles. The Morgan fingerprint density at radius 3 is 3.20 bits per heavy atom. The van der Waals surface area contributed by atoms with Gasteiger partial charge in [0.2, 0.25) is 0 Å². The Kier molecular flexibility index (Phi) is 2.87. The Bertz CT molecular complexity index is 199. The largest absolute Gasteiger partial charge is 0.268 e. The van der Waals surface area contributed by atoms with Gasteiger partial charge < -0.3 is 0 Å². The molecule has 1 aliphatic heterocycles. The van der Waals surface area contributed by atoms with E-state index in [1.807, 2.05) is 12.4 Å². The monoisotopic (exact) mass is 199 g/mol. The van der Waals surface area contributed by atoms with Crippen molar-refractivity contribution in [2.45, 2.75) is 19.8 Å². The van der Waals surface area contributed by atoms with Crippen LogP contribution in [-0.4, -0.2) is 6.21 Å². The molecule has 0 aromatic rings. The van der Waals surface area contributed by atoms with Crippen molar-refractivity contribution < 1.29 is 0 Å². The Morgan fingerprint density at radius 1 is 1.70 bits per heavy atom. The molecule has 0 unspecified atom stereocenters. The molecule has 0 saturated heterocycles. The summed E-state index contributed by atoms with van der Waals surface area (Å²) in [5.74, 6) is 0. The van der Waals surface area contributed by atoms with Gasteiger partial charge in [0.25, 0.3) is 0 Å². The van der Waals surface area contributed by atoms with Crippen molar-refractivity contribution in [2.75, 3.05) is 0 Å². The van der Waals surface area contributed by atoms with Crippen LogP contribution in [0.2, 0.25) is 0 Å². The van der Waals surface area contributed by atoms with Gasteiger partial charge in [-0.05, 0) is 18.1 Å². The Balaban J connectivity index is 2.78. The zero-order valence-electron chi connectivity index (χ0n) is 5.97. The maximum Gasteiger partial charge on any atom is 0.0296 e. The maximum absolute atomic E-state index is 4.10. The maximum atomic E-state index is 4.10. The summed E-state index contributed by atoms with van der Waals surface area (Å²) in [4.78, 5) is 4.10. The van der Waals surface area contributed by atoms with E-state index >= 15 is 0 Å². The van der Waals surface area contributed by atoms with Crippen LogP contribution in [0.25, 0.3) is 0 Å². The summed E-state index contributed by atoms with van der Waals surface area (Å²) in [6.07, 6.45) is 7.91. The minimum absolute atomic E-state index is 0.917. The van der Waals surface area contributed by atoms with Crippen LogP contribution in [0, 0.1) is 0 Å². The lowest BCUT2D eigenvalue weighted by atomic mass is 10.2. The summed E-state index contributed by atoms with van der Waals surface area (Å²) in [6, 6.07) is 0. The third-order valence-electron chi connectivity index (χ3n) is 1.38. The summed E-state index contributed by atoms with van der Waals surface area (Å²) >= 11 is 3.45.